The first-order valence-corrected chi connectivity index (χ1v) is 14.8. The second kappa shape index (κ2) is 12.6. The Kier molecular flexibility index (Phi) is 9.28. The Labute approximate surface area is 237 Å². The molecule has 0 unspecified atom stereocenters. The summed E-state index contributed by atoms with van der Waals surface area (Å²) in [6.45, 7) is 0.140. The summed E-state index contributed by atoms with van der Waals surface area (Å²) in [5.41, 5.74) is 1.73. The van der Waals surface area contributed by atoms with Crippen molar-refractivity contribution in [3.05, 3.63) is 131 Å². The highest BCUT2D eigenvalue weighted by molar-refractivity contribution is 7.96. The fourth-order valence-corrected chi connectivity index (χ4v) is 9.16. The lowest BCUT2D eigenvalue weighted by Crippen LogP contribution is -3.00. The second-order valence-electron chi connectivity index (χ2n) is 8.29. The lowest BCUT2D eigenvalue weighted by molar-refractivity contribution is -0.141. The summed E-state index contributed by atoms with van der Waals surface area (Å²) in [4.78, 5) is 18.1. The zero-order valence-electron chi connectivity index (χ0n) is 19.8. The Morgan fingerprint density at radius 3 is 1.73 bits per heavy atom. The van der Waals surface area contributed by atoms with E-state index in [-0.39, 0.29) is 35.7 Å². The van der Waals surface area contributed by atoms with Crippen molar-refractivity contribution in [1.29, 1.82) is 0 Å². The van der Waals surface area contributed by atoms with Crippen molar-refractivity contribution in [2.75, 3.05) is 6.16 Å². The Hall–Kier alpha value is -2.82. The minimum absolute atomic E-state index is 0. The number of benzene rings is 4. The van der Waals surface area contributed by atoms with Gasteiger partial charge in [0.25, 0.3) is 0 Å². The van der Waals surface area contributed by atoms with E-state index in [4.69, 9.17) is 16.3 Å². The van der Waals surface area contributed by atoms with Crippen LogP contribution in [0.2, 0.25) is 5.02 Å². The van der Waals surface area contributed by atoms with Crippen LogP contribution in [0.5, 0.6) is 0 Å². The maximum absolute atomic E-state index is 13.4. The molecule has 3 nitrogen and oxygen atoms in total. The van der Waals surface area contributed by atoms with Gasteiger partial charge in [0.2, 0.25) is 0 Å². The average molecular weight is 609 g/mol. The van der Waals surface area contributed by atoms with Gasteiger partial charge in [-0.15, -0.1) is 11.3 Å². The van der Waals surface area contributed by atoms with E-state index < -0.39 is 7.26 Å². The van der Waals surface area contributed by atoms with Crippen molar-refractivity contribution >= 4 is 52.1 Å². The van der Waals surface area contributed by atoms with Gasteiger partial charge in [0, 0.05) is 16.0 Å². The zero-order chi connectivity index (χ0) is 24.8. The van der Waals surface area contributed by atoms with E-state index in [1.807, 2.05) is 84.2 Å². The first kappa shape index (κ1) is 27.2. The van der Waals surface area contributed by atoms with Crippen molar-refractivity contribution < 1.29 is 26.5 Å². The summed E-state index contributed by atoms with van der Waals surface area (Å²) in [6.07, 6.45) is 0.277. The first-order valence-electron chi connectivity index (χ1n) is 11.6. The predicted molar refractivity (Wildman–Crippen MR) is 152 cm³/mol. The molecule has 0 saturated carbocycles. The third-order valence-corrected chi connectivity index (χ3v) is 11.4. The van der Waals surface area contributed by atoms with Gasteiger partial charge in [0.1, 0.15) is 34.8 Å². The minimum atomic E-state index is -2.28. The number of esters is 1. The van der Waals surface area contributed by atoms with Gasteiger partial charge < -0.3 is 21.7 Å². The molecule has 5 aromatic rings. The molecule has 0 aliphatic heterocycles. The number of hydrogen-bond acceptors (Lipinski definition) is 4. The normalized spacial score (nSPS) is 10.9. The summed E-state index contributed by atoms with van der Waals surface area (Å²) in [5.74, 6) is -0.235. The smallest absolute Gasteiger partial charge is 0.345 e. The van der Waals surface area contributed by atoms with Crippen LogP contribution in [-0.2, 0) is 16.1 Å². The number of rotatable bonds is 8. The number of thiazole rings is 1. The highest BCUT2D eigenvalue weighted by Crippen LogP contribution is 2.55. The topological polar surface area (TPSA) is 39.2 Å². The summed E-state index contributed by atoms with van der Waals surface area (Å²) >= 11 is 7.53. The molecule has 0 aliphatic rings. The monoisotopic (exact) mass is 607 g/mol. The van der Waals surface area contributed by atoms with Crippen LogP contribution in [0.1, 0.15) is 5.69 Å². The van der Waals surface area contributed by atoms with Crippen LogP contribution in [0.15, 0.2) is 121 Å². The van der Waals surface area contributed by atoms with Gasteiger partial charge in [-0.05, 0) is 48.5 Å². The Balaban J connectivity index is 0.00000320. The molecule has 0 bridgehead atoms. The third kappa shape index (κ3) is 6.19. The predicted octanol–water partition coefficient (Wildman–Crippen LogP) is 3.50. The van der Waals surface area contributed by atoms with Gasteiger partial charge in [-0.3, -0.25) is 0 Å². The SMILES string of the molecule is O=C(C[P+](c1ccccc1)(c1ccccc1)c1ccccc1)OCc1csc(-c2ccc(Cl)cc2)n1.[Br-]. The number of nitrogens with zero attached hydrogens (tertiary/aromatic N) is 1. The standard InChI is InChI=1S/C30H24ClNO2PS.BrH/c31-24-18-16-23(17-19-24)30-32-25(22-36-30)20-34-29(33)21-35(26-10-4-1-5-11-26,27-12-6-2-7-13-27)28-14-8-3-9-15-28;/h1-19,22H,20-21H2;1H/q+1;/p-1. The molecule has 0 fully saturated rings. The number of halogens is 2. The van der Waals surface area contributed by atoms with Gasteiger partial charge >= 0.3 is 5.97 Å². The minimum Gasteiger partial charge on any atom is -1.00 e. The molecule has 0 radical (unpaired) electrons. The van der Waals surface area contributed by atoms with Crippen LogP contribution in [-0.4, -0.2) is 17.1 Å². The van der Waals surface area contributed by atoms with E-state index in [1.54, 1.807) is 0 Å². The van der Waals surface area contributed by atoms with Gasteiger partial charge in [-0.2, -0.15) is 0 Å². The molecule has 7 heteroatoms. The molecule has 0 spiro atoms. The summed E-state index contributed by atoms with van der Waals surface area (Å²) in [5, 5.41) is 6.95. The third-order valence-electron chi connectivity index (χ3n) is 5.98. The van der Waals surface area contributed by atoms with E-state index in [2.05, 4.69) is 41.4 Å². The van der Waals surface area contributed by atoms with E-state index in [9.17, 15) is 4.79 Å². The number of carbonyl (C=O) groups is 1. The number of ether oxygens (including phenoxy) is 1. The zero-order valence-corrected chi connectivity index (χ0v) is 23.9. The molecule has 1 heterocycles. The molecule has 37 heavy (non-hydrogen) atoms. The Morgan fingerprint density at radius 1 is 0.757 bits per heavy atom. The van der Waals surface area contributed by atoms with Crippen molar-refractivity contribution in [3.63, 3.8) is 0 Å². The molecular weight excluding hydrogens is 585 g/mol. The van der Waals surface area contributed by atoms with Crippen LogP contribution in [0, 0.1) is 0 Å². The molecule has 0 atom stereocenters. The number of carbonyl (C=O) groups excluding carboxylic acids is 1. The fraction of sp³-hybridized carbons (Fsp3) is 0.0667. The molecule has 0 N–H and O–H groups in total. The maximum Gasteiger partial charge on any atom is 0.345 e. The van der Waals surface area contributed by atoms with Crippen molar-refractivity contribution in [1.82, 2.24) is 4.98 Å². The van der Waals surface area contributed by atoms with E-state index in [0.717, 1.165) is 32.2 Å². The highest BCUT2D eigenvalue weighted by atomic mass is 79.9. The Morgan fingerprint density at radius 2 is 1.24 bits per heavy atom. The van der Waals surface area contributed by atoms with Crippen LogP contribution < -0.4 is 32.9 Å². The Bertz CT molecular complexity index is 1330. The van der Waals surface area contributed by atoms with Gasteiger partial charge in [-0.25, -0.2) is 9.78 Å². The second-order valence-corrected chi connectivity index (χ2v) is 13.1. The number of aromatic nitrogens is 1. The molecule has 0 saturated heterocycles. The van der Waals surface area contributed by atoms with Gasteiger partial charge in [0.15, 0.2) is 6.16 Å². The van der Waals surface area contributed by atoms with E-state index >= 15 is 0 Å². The lowest BCUT2D eigenvalue weighted by atomic mass is 10.2. The summed E-state index contributed by atoms with van der Waals surface area (Å²) < 4.78 is 5.83. The summed E-state index contributed by atoms with van der Waals surface area (Å²) in [7, 11) is -2.28. The molecule has 0 amide bonds. The van der Waals surface area contributed by atoms with Gasteiger partial charge in [0.05, 0.1) is 5.69 Å². The van der Waals surface area contributed by atoms with Crippen LogP contribution >= 0.6 is 30.2 Å². The molecule has 0 aliphatic carbocycles. The molecule has 5 rings (SSSR count). The van der Waals surface area contributed by atoms with E-state index in [1.165, 1.54) is 11.3 Å². The molecular formula is C30H24BrClNO2PS. The van der Waals surface area contributed by atoms with Crippen molar-refractivity contribution in [2.45, 2.75) is 6.61 Å². The largest absolute Gasteiger partial charge is 1.00 e. The quantitative estimate of drug-likeness (QED) is 0.200. The molecule has 186 valence electrons. The number of hydrogen-bond donors (Lipinski definition) is 0. The molecule has 4 aromatic carbocycles. The first-order chi connectivity index (χ1) is 17.6. The van der Waals surface area contributed by atoms with Crippen molar-refractivity contribution in [2.24, 2.45) is 0 Å². The van der Waals surface area contributed by atoms with E-state index in [0.29, 0.717) is 5.02 Å². The highest BCUT2D eigenvalue weighted by Gasteiger charge is 2.47. The average Bonchev–Trinajstić information content (AvgIpc) is 3.42. The van der Waals surface area contributed by atoms with Gasteiger partial charge in [-0.1, -0.05) is 78.3 Å². The van der Waals surface area contributed by atoms with Crippen LogP contribution in [0.4, 0.5) is 0 Å². The maximum atomic E-state index is 13.4. The summed E-state index contributed by atoms with van der Waals surface area (Å²) in [6, 6.07) is 38.6. The van der Waals surface area contributed by atoms with Crippen LogP contribution in [0.3, 0.4) is 0 Å². The van der Waals surface area contributed by atoms with Crippen LogP contribution in [0.25, 0.3) is 10.6 Å². The van der Waals surface area contributed by atoms with Crippen molar-refractivity contribution in [3.8, 4) is 10.6 Å². The lowest BCUT2D eigenvalue weighted by Gasteiger charge is -2.26. The molecule has 1 aromatic heterocycles. The fourth-order valence-electron chi connectivity index (χ4n) is 4.26.